The number of amides is 3. The number of anilines is 1. The lowest BCUT2D eigenvalue weighted by Gasteiger charge is -2.37. The summed E-state index contributed by atoms with van der Waals surface area (Å²) in [5, 5.41) is 2.69. The number of aromatic nitrogens is 2. The number of likely N-dealkylation sites (tertiary alicyclic amines) is 1. The number of fused-ring (bicyclic) bond motifs is 1. The minimum absolute atomic E-state index is 0.140. The van der Waals surface area contributed by atoms with Crippen LogP contribution in [0.2, 0.25) is 0 Å². The molecule has 5 rings (SSSR count). The van der Waals surface area contributed by atoms with E-state index in [1.807, 2.05) is 24.3 Å². The van der Waals surface area contributed by atoms with E-state index in [0.29, 0.717) is 44.1 Å². The van der Waals surface area contributed by atoms with Gasteiger partial charge in [0.25, 0.3) is 0 Å². The second kappa shape index (κ2) is 9.88. The molecule has 1 aromatic carbocycles. The second-order valence-corrected chi connectivity index (χ2v) is 11.0. The van der Waals surface area contributed by atoms with E-state index in [4.69, 9.17) is 11.5 Å². The number of nitrogens with two attached hydrogens (primary N) is 2. The highest BCUT2D eigenvalue weighted by Gasteiger charge is 2.53. The van der Waals surface area contributed by atoms with Crippen molar-refractivity contribution in [2.75, 3.05) is 51.1 Å². The standard InChI is InChI=1S/C26H36N8O3/c1-26(2,28)23(35)32-11-13-33(14-12-32)24(36)29-21-8-10-34(25(37)30-21)18-5-3-17(4-6-18)7-9-31-15-19-20(16-31)22(19)27/h3-6,8,10,19-20,22H,7,9,11-16,27-28H2,1-2H3,(H,29,30,36,37)/t19-,20+,22?. The molecule has 1 aliphatic carbocycles. The molecule has 1 saturated carbocycles. The van der Waals surface area contributed by atoms with Crippen LogP contribution in [0.25, 0.3) is 5.69 Å². The highest BCUT2D eigenvalue weighted by Crippen LogP contribution is 2.43. The van der Waals surface area contributed by atoms with E-state index in [9.17, 15) is 14.4 Å². The van der Waals surface area contributed by atoms with Gasteiger partial charge in [-0.2, -0.15) is 4.98 Å². The van der Waals surface area contributed by atoms with Gasteiger partial charge in [-0.25, -0.2) is 9.59 Å². The minimum Gasteiger partial charge on any atom is -0.338 e. The van der Waals surface area contributed by atoms with Crippen molar-refractivity contribution in [1.82, 2.24) is 24.3 Å². The first kappa shape index (κ1) is 25.4. The van der Waals surface area contributed by atoms with Crippen molar-refractivity contribution in [2.24, 2.45) is 23.3 Å². The second-order valence-electron chi connectivity index (χ2n) is 11.0. The molecule has 3 atom stereocenters. The van der Waals surface area contributed by atoms with Crippen molar-refractivity contribution in [3.05, 3.63) is 52.6 Å². The van der Waals surface area contributed by atoms with Crippen molar-refractivity contribution in [3.8, 4) is 5.69 Å². The first-order chi connectivity index (χ1) is 17.6. The van der Waals surface area contributed by atoms with Gasteiger partial charge >= 0.3 is 11.7 Å². The largest absolute Gasteiger partial charge is 0.354 e. The van der Waals surface area contributed by atoms with Gasteiger partial charge in [-0.15, -0.1) is 0 Å². The van der Waals surface area contributed by atoms with Crippen LogP contribution in [0.4, 0.5) is 10.6 Å². The molecule has 198 valence electrons. The fourth-order valence-corrected chi connectivity index (χ4v) is 5.33. The zero-order valence-corrected chi connectivity index (χ0v) is 21.5. The Labute approximate surface area is 216 Å². The van der Waals surface area contributed by atoms with Gasteiger partial charge in [-0.1, -0.05) is 12.1 Å². The number of nitrogens with one attached hydrogen (secondary N) is 1. The molecule has 2 saturated heterocycles. The topological polar surface area (TPSA) is 143 Å². The van der Waals surface area contributed by atoms with Gasteiger partial charge in [0, 0.05) is 58.1 Å². The summed E-state index contributed by atoms with van der Waals surface area (Å²) in [6.07, 6.45) is 2.57. The average Bonchev–Trinajstić information content (AvgIpc) is 3.25. The van der Waals surface area contributed by atoms with Gasteiger partial charge < -0.3 is 26.2 Å². The predicted molar refractivity (Wildman–Crippen MR) is 140 cm³/mol. The maximum Gasteiger partial charge on any atom is 0.354 e. The first-order valence-corrected chi connectivity index (χ1v) is 12.9. The Hall–Kier alpha value is -3.28. The lowest BCUT2D eigenvalue weighted by atomic mass is 10.1. The number of carbonyl (C=O) groups is 2. The molecule has 2 aromatic rings. The molecule has 3 heterocycles. The van der Waals surface area contributed by atoms with E-state index in [0.717, 1.165) is 31.7 Å². The highest BCUT2D eigenvalue weighted by atomic mass is 16.2. The smallest absolute Gasteiger partial charge is 0.338 e. The number of piperidine rings is 1. The predicted octanol–water partition coefficient (Wildman–Crippen LogP) is 0.0773. The van der Waals surface area contributed by atoms with E-state index < -0.39 is 11.2 Å². The minimum atomic E-state index is -0.943. The summed E-state index contributed by atoms with van der Waals surface area (Å²) in [5.74, 6) is 1.44. The van der Waals surface area contributed by atoms with Crippen LogP contribution in [0, 0.1) is 11.8 Å². The Morgan fingerprint density at radius 2 is 1.65 bits per heavy atom. The average molecular weight is 509 g/mol. The Balaban J connectivity index is 1.13. The molecule has 5 N–H and O–H groups in total. The van der Waals surface area contributed by atoms with Crippen LogP contribution in [0.5, 0.6) is 0 Å². The summed E-state index contributed by atoms with van der Waals surface area (Å²) < 4.78 is 1.45. The van der Waals surface area contributed by atoms with Gasteiger partial charge in [-0.3, -0.25) is 14.7 Å². The summed E-state index contributed by atoms with van der Waals surface area (Å²) in [7, 11) is 0. The SMILES string of the molecule is CC(C)(N)C(=O)N1CCN(C(=O)Nc2ccn(-c3ccc(CCN4C[C@@H]5C(N)[C@@H]5C4)cc3)c(=O)n2)CC1. The maximum atomic E-state index is 12.7. The molecule has 0 bridgehead atoms. The molecule has 3 aliphatic rings. The van der Waals surface area contributed by atoms with Gasteiger partial charge in [0.2, 0.25) is 5.91 Å². The van der Waals surface area contributed by atoms with Gasteiger partial charge in [0.1, 0.15) is 5.82 Å². The molecule has 0 spiro atoms. The molecule has 3 fully saturated rings. The van der Waals surface area contributed by atoms with Crippen LogP contribution < -0.4 is 22.5 Å². The number of benzene rings is 1. The quantitative estimate of drug-likeness (QED) is 0.501. The van der Waals surface area contributed by atoms with E-state index >= 15 is 0 Å². The molecule has 1 aromatic heterocycles. The lowest BCUT2D eigenvalue weighted by Crippen LogP contribution is -2.58. The van der Waals surface area contributed by atoms with Crippen LogP contribution in [0.15, 0.2) is 41.3 Å². The Morgan fingerprint density at radius 1 is 1.03 bits per heavy atom. The third-order valence-corrected chi connectivity index (χ3v) is 7.71. The number of hydrogen-bond donors (Lipinski definition) is 3. The van der Waals surface area contributed by atoms with Crippen LogP contribution >= 0.6 is 0 Å². The van der Waals surface area contributed by atoms with Crippen molar-refractivity contribution in [1.29, 1.82) is 0 Å². The number of piperazine rings is 1. The number of nitrogens with zero attached hydrogens (tertiary/aromatic N) is 5. The number of carbonyl (C=O) groups excluding carboxylic acids is 2. The third-order valence-electron chi connectivity index (χ3n) is 7.71. The van der Waals surface area contributed by atoms with E-state index in [2.05, 4.69) is 15.2 Å². The van der Waals surface area contributed by atoms with Crippen LogP contribution in [0.3, 0.4) is 0 Å². The molecular weight excluding hydrogens is 472 g/mol. The normalized spacial score (nSPS) is 23.6. The Bertz CT molecular complexity index is 1200. The van der Waals surface area contributed by atoms with E-state index in [1.54, 1.807) is 35.9 Å². The molecule has 3 amide bonds. The molecule has 1 unspecified atom stereocenters. The van der Waals surface area contributed by atoms with Crippen LogP contribution in [-0.2, 0) is 11.2 Å². The van der Waals surface area contributed by atoms with Gasteiger partial charge in [0.15, 0.2) is 0 Å². The van der Waals surface area contributed by atoms with Crippen molar-refractivity contribution in [2.45, 2.75) is 31.8 Å². The van der Waals surface area contributed by atoms with Gasteiger partial charge in [0.05, 0.1) is 11.2 Å². The van der Waals surface area contributed by atoms with Crippen LogP contribution in [-0.4, -0.2) is 93.6 Å². The molecule has 11 nitrogen and oxygen atoms in total. The first-order valence-electron chi connectivity index (χ1n) is 12.9. The molecule has 11 heteroatoms. The zero-order valence-electron chi connectivity index (χ0n) is 21.5. The van der Waals surface area contributed by atoms with Crippen molar-refractivity contribution < 1.29 is 9.59 Å². The Morgan fingerprint density at radius 3 is 2.24 bits per heavy atom. The number of rotatable bonds is 6. The zero-order chi connectivity index (χ0) is 26.3. The molecular formula is C26H36N8O3. The third kappa shape index (κ3) is 5.53. The van der Waals surface area contributed by atoms with E-state index in [-0.39, 0.29) is 17.8 Å². The monoisotopic (exact) mass is 508 g/mol. The summed E-state index contributed by atoms with van der Waals surface area (Å²) in [5.41, 5.74) is 12.4. The molecule has 2 aliphatic heterocycles. The number of urea groups is 1. The van der Waals surface area contributed by atoms with Crippen molar-refractivity contribution >= 4 is 17.8 Å². The number of hydrogen-bond acceptors (Lipinski definition) is 7. The van der Waals surface area contributed by atoms with Gasteiger partial charge in [-0.05, 0) is 55.9 Å². The van der Waals surface area contributed by atoms with Crippen molar-refractivity contribution in [3.63, 3.8) is 0 Å². The summed E-state index contributed by atoms with van der Waals surface area (Å²) in [4.78, 5) is 47.4. The Kier molecular flexibility index (Phi) is 6.78. The van der Waals surface area contributed by atoms with E-state index in [1.165, 1.54) is 10.1 Å². The maximum absolute atomic E-state index is 12.7. The summed E-state index contributed by atoms with van der Waals surface area (Å²) in [6, 6.07) is 9.57. The summed E-state index contributed by atoms with van der Waals surface area (Å²) >= 11 is 0. The highest BCUT2D eigenvalue weighted by molar-refractivity contribution is 5.89. The lowest BCUT2D eigenvalue weighted by molar-refractivity contribution is -0.137. The fraction of sp³-hybridized carbons (Fsp3) is 0.538. The molecule has 0 radical (unpaired) electrons. The van der Waals surface area contributed by atoms with Crippen LogP contribution in [0.1, 0.15) is 19.4 Å². The molecule has 37 heavy (non-hydrogen) atoms. The summed E-state index contributed by atoms with van der Waals surface area (Å²) in [6.45, 7) is 8.15. The fourth-order valence-electron chi connectivity index (χ4n) is 5.33.